The summed E-state index contributed by atoms with van der Waals surface area (Å²) in [6.45, 7) is 4.45. The van der Waals surface area contributed by atoms with Gasteiger partial charge >= 0.3 is 6.18 Å². The smallest absolute Gasteiger partial charge is 0.416 e. The van der Waals surface area contributed by atoms with Crippen molar-refractivity contribution >= 4 is 17.3 Å². The van der Waals surface area contributed by atoms with Crippen molar-refractivity contribution in [2.45, 2.75) is 38.7 Å². The molecule has 1 atom stereocenters. The SMILES string of the molecule is Cc1ccc(CN2CC[C@H](N(Cc3cccc(C(F)(F)F)c3)c3ccc(C#N)c(Cl)c3)C2)o1. The van der Waals surface area contributed by atoms with Gasteiger partial charge in [0, 0.05) is 31.4 Å². The lowest BCUT2D eigenvalue weighted by molar-refractivity contribution is -0.137. The molecule has 0 N–H and O–H groups in total. The third-order valence-corrected chi connectivity index (χ3v) is 6.19. The van der Waals surface area contributed by atoms with Crippen molar-refractivity contribution in [3.05, 3.63) is 87.8 Å². The summed E-state index contributed by atoms with van der Waals surface area (Å²) in [6.07, 6.45) is -3.56. The van der Waals surface area contributed by atoms with Crippen molar-refractivity contribution in [1.29, 1.82) is 5.26 Å². The topological polar surface area (TPSA) is 43.4 Å². The fourth-order valence-corrected chi connectivity index (χ4v) is 4.47. The number of furan rings is 1. The number of hydrogen-bond acceptors (Lipinski definition) is 4. The number of halogens is 4. The Hall–Kier alpha value is -2.95. The molecule has 33 heavy (non-hydrogen) atoms. The zero-order chi connectivity index (χ0) is 23.6. The summed E-state index contributed by atoms with van der Waals surface area (Å²) in [5, 5.41) is 9.53. The van der Waals surface area contributed by atoms with Crippen molar-refractivity contribution in [3.8, 4) is 6.07 Å². The van der Waals surface area contributed by atoms with Crippen molar-refractivity contribution in [1.82, 2.24) is 4.90 Å². The van der Waals surface area contributed by atoms with Crippen molar-refractivity contribution in [2.24, 2.45) is 0 Å². The van der Waals surface area contributed by atoms with Gasteiger partial charge in [0.15, 0.2) is 0 Å². The van der Waals surface area contributed by atoms with Crippen LogP contribution in [0.3, 0.4) is 0 Å². The fraction of sp³-hybridized carbons (Fsp3) is 0.320. The highest BCUT2D eigenvalue weighted by Gasteiger charge is 2.32. The van der Waals surface area contributed by atoms with E-state index in [1.54, 1.807) is 24.3 Å². The Morgan fingerprint density at radius 1 is 1.18 bits per heavy atom. The molecular formula is C25H23ClF3N3O. The van der Waals surface area contributed by atoms with Gasteiger partial charge in [0.2, 0.25) is 0 Å². The molecule has 0 saturated carbocycles. The summed E-state index contributed by atoms with van der Waals surface area (Å²) in [5.41, 5.74) is 1.03. The Morgan fingerprint density at radius 3 is 2.67 bits per heavy atom. The number of aryl methyl sites for hydroxylation is 1. The minimum atomic E-state index is -4.40. The maximum atomic E-state index is 13.2. The standard InChI is InChI=1S/C25H23ClF3N3O/c1-17-5-8-23(33-17)16-31-10-9-22(15-31)32(21-7-6-19(13-30)24(26)12-21)14-18-3-2-4-20(11-18)25(27,28)29/h2-8,11-12,22H,9-10,14-16H2,1H3/t22-/m0/s1. The molecule has 0 unspecified atom stereocenters. The molecule has 0 aliphatic carbocycles. The Balaban J connectivity index is 1.59. The zero-order valence-electron chi connectivity index (χ0n) is 18.1. The molecule has 2 heterocycles. The van der Waals surface area contributed by atoms with Crippen LogP contribution in [-0.2, 0) is 19.3 Å². The highest BCUT2D eigenvalue weighted by atomic mass is 35.5. The number of anilines is 1. The van der Waals surface area contributed by atoms with E-state index in [-0.39, 0.29) is 6.04 Å². The summed E-state index contributed by atoms with van der Waals surface area (Å²) >= 11 is 6.29. The molecule has 2 aromatic carbocycles. The zero-order valence-corrected chi connectivity index (χ0v) is 18.8. The van der Waals surface area contributed by atoms with Gasteiger partial charge in [0.25, 0.3) is 0 Å². The molecular weight excluding hydrogens is 451 g/mol. The maximum absolute atomic E-state index is 13.2. The van der Waals surface area contributed by atoms with Crippen molar-refractivity contribution in [2.75, 3.05) is 18.0 Å². The van der Waals surface area contributed by atoms with Gasteiger partial charge < -0.3 is 9.32 Å². The molecule has 1 aliphatic rings. The molecule has 1 aliphatic heterocycles. The molecule has 4 nitrogen and oxygen atoms in total. The molecule has 172 valence electrons. The van der Waals surface area contributed by atoms with E-state index < -0.39 is 11.7 Å². The van der Waals surface area contributed by atoms with Crippen molar-refractivity contribution in [3.63, 3.8) is 0 Å². The second kappa shape index (κ2) is 9.50. The summed E-state index contributed by atoms with van der Waals surface area (Å²) in [5.74, 6) is 1.75. The van der Waals surface area contributed by atoms with Crippen LogP contribution in [-0.4, -0.2) is 24.0 Å². The van der Waals surface area contributed by atoms with Gasteiger partial charge in [-0.2, -0.15) is 18.4 Å². The maximum Gasteiger partial charge on any atom is 0.416 e. The Labute approximate surface area is 195 Å². The van der Waals surface area contributed by atoms with Gasteiger partial charge in [-0.15, -0.1) is 0 Å². The van der Waals surface area contributed by atoms with Gasteiger partial charge in [0.05, 0.1) is 22.7 Å². The Bertz CT molecular complexity index is 1170. The largest absolute Gasteiger partial charge is 0.465 e. The minimum Gasteiger partial charge on any atom is -0.465 e. The summed E-state index contributed by atoms with van der Waals surface area (Å²) in [4.78, 5) is 4.35. The van der Waals surface area contributed by atoms with E-state index in [2.05, 4.69) is 9.80 Å². The number of nitriles is 1. The van der Waals surface area contributed by atoms with E-state index in [1.807, 2.05) is 25.1 Å². The number of nitrogens with zero attached hydrogens (tertiary/aromatic N) is 3. The Morgan fingerprint density at radius 2 is 2.00 bits per heavy atom. The van der Waals surface area contributed by atoms with Gasteiger partial charge in [-0.25, -0.2) is 0 Å². The highest BCUT2D eigenvalue weighted by molar-refractivity contribution is 6.32. The molecule has 0 spiro atoms. The molecule has 0 bridgehead atoms. The van der Waals surface area contributed by atoms with Gasteiger partial charge in [-0.05, 0) is 61.4 Å². The summed E-state index contributed by atoms with van der Waals surface area (Å²) in [7, 11) is 0. The highest BCUT2D eigenvalue weighted by Crippen LogP contribution is 2.32. The molecule has 3 aromatic rings. The number of hydrogen-bond donors (Lipinski definition) is 0. The summed E-state index contributed by atoms with van der Waals surface area (Å²) in [6, 6.07) is 16.6. The van der Waals surface area contributed by atoms with E-state index in [1.165, 1.54) is 12.1 Å². The van der Waals surface area contributed by atoms with Crippen LogP contribution < -0.4 is 4.90 Å². The van der Waals surface area contributed by atoms with Crippen LogP contribution >= 0.6 is 11.6 Å². The molecule has 0 amide bonds. The van der Waals surface area contributed by atoms with Crippen LogP contribution in [0.25, 0.3) is 0 Å². The minimum absolute atomic E-state index is 0.0691. The van der Waals surface area contributed by atoms with Crippen LogP contribution in [0.5, 0.6) is 0 Å². The summed E-state index contributed by atoms with van der Waals surface area (Å²) < 4.78 is 45.4. The van der Waals surface area contributed by atoms with E-state index in [0.29, 0.717) is 29.2 Å². The Kier molecular flexibility index (Phi) is 6.68. The quantitative estimate of drug-likeness (QED) is 0.414. The first-order valence-corrected chi connectivity index (χ1v) is 11.0. The van der Waals surface area contributed by atoms with E-state index in [4.69, 9.17) is 16.0 Å². The van der Waals surface area contributed by atoms with E-state index >= 15 is 0 Å². The predicted octanol–water partition coefficient (Wildman–Crippen LogP) is 6.41. The molecule has 1 saturated heterocycles. The van der Waals surface area contributed by atoms with Crippen molar-refractivity contribution < 1.29 is 17.6 Å². The lowest BCUT2D eigenvalue weighted by Gasteiger charge is -2.32. The number of rotatable bonds is 6. The number of likely N-dealkylation sites (tertiary alicyclic amines) is 1. The monoisotopic (exact) mass is 473 g/mol. The van der Waals surface area contributed by atoms with Gasteiger partial charge in [0.1, 0.15) is 17.6 Å². The second-order valence-corrected chi connectivity index (χ2v) is 8.70. The second-order valence-electron chi connectivity index (χ2n) is 8.29. The average molecular weight is 474 g/mol. The average Bonchev–Trinajstić information content (AvgIpc) is 3.40. The third kappa shape index (κ3) is 5.52. The fourth-order valence-electron chi connectivity index (χ4n) is 4.25. The first-order chi connectivity index (χ1) is 15.7. The third-order valence-electron chi connectivity index (χ3n) is 5.88. The van der Waals surface area contributed by atoms with E-state index in [9.17, 15) is 18.4 Å². The lowest BCUT2D eigenvalue weighted by Crippen LogP contribution is -2.37. The molecule has 1 aromatic heterocycles. The van der Waals surface area contributed by atoms with Crippen LogP contribution in [0.2, 0.25) is 5.02 Å². The predicted molar refractivity (Wildman–Crippen MR) is 121 cm³/mol. The normalized spacial score (nSPS) is 16.7. The molecule has 4 rings (SSSR count). The number of benzene rings is 2. The van der Waals surface area contributed by atoms with Crippen LogP contribution in [0.15, 0.2) is 59.0 Å². The molecule has 0 radical (unpaired) electrons. The first kappa shape index (κ1) is 23.2. The van der Waals surface area contributed by atoms with Crippen LogP contribution in [0.4, 0.5) is 18.9 Å². The van der Waals surface area contributed by atoms with E-state index in [0.717, 1.165) is 42.8 Å². The molecule has 1 fully saturated rings. The molecule has 8 heteroatoms. The first-order valence-electron chi connectivity index (χ1n) is 10.6. The van der Waals surface area contributed by atoms with Crippen LogP contribution in [0, 0.1) is 18.3 Å². The van der Waals surface area contributed by atoms with Gasteiger partial charge in [-0.3, -0.25) is 4.90 Å². The van der Waals surface area contributed by atoms with Gasteiger partial charge in [-0.1, -0.05) is 23.7 Å². The number of alkyl halides is 3. The lowest BCUT2D eigenvalue weighted by atomic mass is 10.1. The van der Waals surface area contributed by atoms with Crippen LogP contribution in [0.1, 0.15) is 34.6 Å².